The van der Waals surface area contributed by atoms with E-state index in [9.17, 15) is 0 Å². The zero-order chi connectivity index (χ0) is 11.0. The molecule has 0 aliphatic carbocycles. The number of nitrogens with one attached hydrogen (secondary N) is 1. The van der Waals surface area contributed by atoms with Gasteiger partial charge in [0.25, 0.3) is 0 Å². The normalized spacial score (nSPS) is 10.8. The quantitative estimate of drug-likeness (QED) is 0.647. The standard InChI is InChI=1S/C13H11N3/c14-11-8-16-13-12(11)10(6-7-15-13)9-4-2-1-3-5-9/h1-8H,14H2,(H,15,16). The molecule has 0 radical (unpaired) electrons. The highest BCUT2D eigenvalue weighted by Gasteiger charge is 2.08. The lowest BCUT2D eigenvalue weighted by molar-refractivity contribution is 1.33. The highest BCUT2D eigenvalue weighted by molar-refractivity contribution is 6.01. The molecule has 0 aliphatic rings. The van der Waals surface area contributed by atoms with Crippen LogP contribution in [-0.2, 0) is 0 Å². The van der Waals surface area contributed by atoms with Crippen LogP contribution in [0.1, 0.15) is 0 Å². The number of benzene rings is 1. The number of aromatic amines is 1. The number of hydrogen-bond acceptors (Lipinski definition) is 2. The summed E-state index contributed by atoms with van der Waals surface area (Å²) in [5.74, 6) is 0. The third-order valence-corrected chi connectivity index (χ3v) is 2.69. The van der Waals surface area contributed by atoms with Gasteiger partial charge in [-0.25, -0.2) is 4.98 Å². The molecule has 1 aromatic carbocycles. The lowest BCUT2D eigenvalue weighted by atomic mass is 10.0. The zero-order valence-corrected chi connectivity index (χ0v) is 8.64. The second-order valence-corrected chi connectivity index (χ2v) is 3.69. The van der Waals surface area contributed by atoms with Crippen molar-refractivity contribution >= 4 is 16.7 Å². The molecule has 78 valence electrons. The average Bonchev–Trinajstić information content (AvgIpc) is 2.73. The van der Waals surface area contributed by atoms with Crippen LogP contribution in [0, 0.1) is 0 Å². The average molecular weight is 209 g/mol. The molecule has 2 heterocycles. The number of rotatable bonds is 1. The minimum Gasteiger partial charge on any atom is -0.397 e. The second kappa shape index (κ2) is 3.38. The molecule has 0 atom stereocenters. The molecule has 0 unspecified atom stereocenters. The molecule has 16 heavy (non-hydrogen) atoms. The molecule has 0 amide bonds. The topological polar surface area (TPSA) is 54.7 Å². The Hall–Kier alpha value is -2.29. The number of nitrogens with two attached hydrogens (primary N) is 1. The van der Waals surface area contributed by atoms with Crippen LogP contribution in [-0.4, -0.2) is 9.97 Å². The van der Waals surface area contributed by atoms with Crippen LogP contribution in [0.5, 0.6) is 0 Å². The van der Waals surface area contributed by atoms with Gasteiger partial charge in [-0.15, -0.1) is 0 Å². The molecule has 0 aliphatic heterocycles. The monoisotopic (exact) mass is 209 g/mol. The Balaban J connectivity index is 2.36. The van der Waals surface area contributed by atoms with E-state index < -0.39 is 0 Å². The summed E-state index contributed by atoms with van der Waals surface area (Å²) in [5.41, 5.74) is 9.78. The molecule has 0 saturated carbocycles. The van der Waals surface area contributed by atoms with E-state index >= 15 is 0 Å². The third-order valence-electron chi connectivity index (χ3n) is 2.69. The summed E-state index contributed by atoms with van der Waals surface area (Å²) >= 11 is 0. The van der Waals surface area contributed by atoms with Crippen LogP contribution in [0.4, 0.5) is 5.69 Å². The van der Waals surface area contributed by atoms with Crippen molar-refractivity contribution in [2.45, 2.75) is 0 Å². The van der Waals surface area contributed by atoms with E-state index in [4.69, 9.17) is 5.73 Å². The minimum absolute atomic E-state index is 0.738. The maximum absolute atomic E-state index is 5.94. The summed E-state index contributed by atoms with van der Waals surface area (Å²) in [6.07, 6.45) is 3.57. The van der Waals surface area contributed by atoms with Crippen LogP contribution in [0.2, 0.25) is 0 Å². The fourth-order valence-electron chi connectivity index (χ4n) is 1.94. The number of anilines is 1. The molecule has 3 nitrogen and oxygen atoms in total. The van der Waals surface area contributed by atoms with Crippen molar-refractivity contribution in [3.8, 4) is 11.1 Å². The molecule has 2 aromatic heterocycles. The molecular weight excluding hydrogens is 198 g/mol. The predicted molar refractivity (Wildman–Crippen MR) is 65.9 cm³/mol. The Morgan fingerprint density at radius 1 is 1.06 bits per heavy atom. The molecule has 3 aromatic rings. The first-order valence-corrected chi connectivity index (χ1v) is 5.13. The Morgan fingerprint density at radius 3 is 2.69 bits per heavy atom. The Morgan fingerprint density at radius 2 is 1.88 bits per heavy atom. The second-order valence-electron chi connectivity index (χ2n) is 3.69. The van der Waals surface area contributed by atoms with Crippen LogP contribution in [0.25, 0.3) is 22.2 Å². The zero-order valence-electron chi connectivity index (χ0n) is 8.64. The van der Waals surface area contributed by atoms with Gasteiger partial charge in [-0.1, -0.05) is 30.3 Å². The van der Waals surface area contributed by atoms with Crippen molar-refractivity contribution in [1.29, 1.82) is 0 Å². The Bertz CT molecular complexity index is 626. The molecule has 0 bridgehead atoms. The number of aromatic nitrogens is 2. The van der Waals surface area contributed by atoms with E-state index in [0.29, 0.717) is 0 Å². The van der Waals surface area contributed by atoms with Crippen LogP contribution >= 0.6 is 0 Å². The number of H-pyrrole nitrogens is 1. The molecule has 0 spiro atoms. The lowest BCUT2D eigenvalue weighted by Crippen LogP contribution is -1.86. The highest BCUT2D eigenvalue weighted by atomic mass is 14.9. The first kappa shape index (κ1) is 8.97. The van der Waals surface area contributed by atoms with Gasteiger partial charge in [0.15, 0.2) is 0 Å². The van der Waals surface area contributed by atoms with Crippen molar-refractivity contribution in [2.24, 2.45) is 0 Å². The number of nitrogens with zero attached hydrogens (tertiary/aromatic N) is 1. The number of hydrogen-bond donors (Lipinski definition) is 2. The van der Waals surface area contributed by atoms with E-state index in [1.165, 1.54) is 0 Å². The summed E-state index contributed by atoms with van der Waals surface area (Å²) in [7, 11) is 0. The van der Waals surface area contributed by atoms with Crippen molar-refractivity contribution in [3.05, 3.63) is 48.8 Å². The molecular formula is C13H11N3. The first-order valence-electron chi connectivity index (χ1n) is 5.13. The van der Waals surface area contributed by atoms with Crippen LogP contribution in [0.15, 0.2) is 48.8 Å². The third kappa shape index (κ3) is 1.26. The summed E-state index contributed by atoms with van der Waals surface area (Å²) in [5, 5.41) is 0.994. The number of nitrogen functional groups attached to an aromatic ring is 1. The van der Waals surface area contributed by atoms with Gasteiger partial charge in [-0.2, -0.15) is 0 Å². The van der Waals surface area contributed by atoms with Gasteiger partial charge in [-0.3, -0.25) is 0 Å². The van der Waals surface area contributed by atoms with Gasteiger partial charge in [0.05, 0.1) is 5.69 Å². The van der Waals surface area contributed by atoms with E-state index in [1.807, 2.05) is 24.3 Å². The van der Waals surface area contributed by atoms with Crippen molar-refractivity contribution in [3.63, 3.8) is 0 Å². The van der Waals surface area contributed by atoms with E-state index in [1.54, 1.807) is 12.4 Å². The number of pyridine rings is 1. The lowest BCUT2D eigenvalue weighted by Gasteiger charge is -2.03. The van der Waals surface area contributed by atoms with Gasteiger partial charge < -0.3 is 10.7 Å². The summed E-state index contributed by atoms with van der Waals surface area (Å²) in [6, 6.07) is 12.2. The molecule has 0 fully saturated rings. The van der Waals surface area contributed by atoms with Crippen LogP contribution in [0.3, 0.4) is 0 Å². The SMILES string of the molecule is Nc1c[nH]c2nccc(-c3ccccc3)c12. The van der Waals surface area contributed by atoms with Crippen molar-refractivity contribution in [2.75, 3.05) is 5.73 Å². The minimum atomic E-state index is 0.738. The van der Waals surface area contributed by atoms with E-state index in [-0.39, 0.29) is 0 Å². The molecule has 0 saturated heterocycles. The maximum atomic E-state index is 5.94. The summed E-state index contributed by atoms with van der Waals surface area (Å²) in [6.45, 7) is 0. The Kier molecular flexibility index (Phi) is 1.90. The van der Waals surface area contributed by atoms with Gasteiger partial charge in [0, 0.05) is 17.8 Å². The summed E-state index contributed by atoms with van der Waals surface area (Å²) < 4.78 is 0. The molecule has 3 heteroatoms. The largest absolute Gasteiger partial charge is 0.397 e. The van der Waals surface area contributed by atoms with Crippen LogP contribution < -0.4 is 5.73 Å². The van der Waals surface area contributed by atoms with Gasteiger partial charge in [0.2, 0.25) is 0 Å². The van der Waals surface area contributed by atoms with Gasteiger partial charge in [0.1, 0.15) is 5.65 Å². The van der Waals surface area contributed by atoms with E-state index in [0.717, 1.165) is 27.8 Å². The molecule has 3 rings (SSSR count). The fourth-order valence-corrected chi connectivity index (χ4v) is 1.94. The fraction of sp³-hybridized carbons (Fsp3) is 0. The number of fused-ring (bicyclic) bond motifs is 1. The van der Waals surface area contributed by atoms with Crippen molar-refractivity contribution in [1.82, 2.24) is 9.97 Å². The smallest absolute Gasteiger partial charge is 0.139 e. The van der Waals surface area contributed by atoms with Crippen molar-refractivity contribution < 1.29 is 0 Å². The highest BCUT2D eigenvalue weighted by Crippen LogP contribution is 2.30. The summed E-state index contributed by atoms with van der Waals surface area (Å²) in [4.78, 5) is 7.31. The first-order chi connectivity index (χ1) is 7.86. The van der Waals surface area contributed by atoms with E-state index in [2.05, 4.69) is 22.1 Å². The van der Waals surface area contributed by atoms with Gasteiger partial charge in [-0.05, 0) is 17.2 Å². The predicted octanol–water partition coefficient (Wildman–Crippen LogP) is 2.81. The van der Waals surface area contributed by atoms with Gasteiger partial charge >= 0.3 is 0 Å². The Labute approximate surface area is 92.9 Å². The molecule has 3 N–H and O–H groups in total. The maximum Gasteiger partial charge on any atom is 0.139 e.